The van der Waals surface area contributed by atoms with Gasteiger partial charge in [0.1, 0.15) is 5.82 Å². The van der Waals surface area contributed by atoms with Gasteiger partial charge in [-0.15, -0.1) is 12.4 Å². The summed E-state index contributed by atoms with van der Waals surface area (Å²) in [6, 6.07) is 4.79. The molecule has 0 aliphatic carbocycles. The van der Waals surface area contributed by atoms with Gasteiger partial charge in [0.15, 0.2) is 0 Å². The summed E-state index contributed by atoms with van der Waals surface area (Å²) in [5, 5.41) is 4.01. The molecular formula is C15H23Cl2FN2. The third-order valence-corrected chi connectivity index (χ3v) is 4.03. The lowest BCUT2D eigenvalue weighted by Crippen LogP contribution is -2.37. The van der Waals surface area contributed by atoms with Crippen molar-refractivity contribution < 1.29 is 4.39 Å². The maximum atomic E-state index is 13.7. The fourth-order valence-electron chi connectivity index (χ4n) is 2.60. The molecule has 0 spiro atoms. The number of hydrogen-bond acceptors (Lipinski definition) is 2. The van der Waals surface area contributed by atoms with Gasteiger partial charge in [0.05, 0.1) is 0 Å². The summed E-state index contributed by atoms with van der Waals surface area (Å²) < 4.78 is 13.7. The van der Waals surface area contributed by atoms with E-state index in [0.29, 0.717) is 17.1 Å². The molecule has 0 saturated carbocycles. The Morgan fingerprint density at radius 2 is 2.05 bits per heavy atom. The Morgan fingerprint density at radius 1 is 1.35 bits per heavy atom. The molecule has 0 radical (unpaired) electrons. The minimum atomic E-state index is -0.154. The summed E-state index contributed by atoms with van der Waals surface area (Å²) in [6.07, 6.45) is 2.38. The molecule has 1 saturated heterocycles. The second kappa shape index (κ2) is 8.83. The Morgan fingerprint density at radius 3 is 2.70 bits per heavy atom. The van der Waals surface area contributed by atoms with Crippen molar-refractivity contribution in [1.82, 2.24) is 10.2 Å². The summed E-state index contributed by atoms with van der Waals surface area (Å²) >= 11 is 5.92. The lowest BCUT2D eigenvalue weighted by atomic mass is 9.96. The van der Waals surface area contributed by atoms with E-state index in [0.717, 1.165) is 32.1 Å². The first-order chi connectivity index (χ1) is 9.19. The van der Waals surface area contributed by atoms with Crippen LogP contribution in [0, 0.1) is 11.7 Å². The zero-order valence-electron chi connectivity index (χ0n) is 11.9. The predicted octanol–water partition coefficient (Wildman–Crippen LogP) is 3.72. The van der Waals surface area contributed by atoms with E-state index in [9.17, 15) is 4.39 Å². The van der Waals surface area contributed by atoms with Crippen LogP contribution in [0.1, 0.15) is 25.3 Å². The van der Waals surface area contributed by atoms with Gasteiger partial charge in [0.25, 0.3) is 0 Å². The van der Waals surface area contributed by atoms with Crippen molar-refractivity contribution in [2.75, 3.05) is 26.2 Å². The first kappa shape index (κ1) is 17.7. The van der Waals surface area contributed by atoms with E-state index in [1.165, 1.54) is 18.9 Å². The molecule has 1 heterocycles. The molecule has 0 amide bonds. The molecule has 20 heavy (non-hydrogen) atoms. The molecule has 0 bridgehead atoms. The van der Waals surface area contributed by atoms with E-state index in [-0.39, 0.29) is 18.2 Å². The molecule has 0 unspecified atom stereocenters. The number of likely N-dealkylation sites (tertiary alicyclic amines) is 1. The standard InChI is InChI=1S/C15H22ClFN2.ClH/c1-2-18-10-12-5-7-19(8-6-12)11-13-9-14(16)3-4-15(13)17;/h3-4,9,12,18H,2,5-8,10-11H2,1H3;1H. The summed E-state index contributed by atoms with van der Waals surface area (Å²) in [5.41, 5.74) is 0.706. The van der Waals surface area contributed by atoms with Crippen molar-refractivity contribution in [2.45, 2.75) is 26.3 Å². The zero-order valence-corrected chi connectivity index (χ0v) is 13.4. The topological polar surface area (TPSA) is 15.3 Å². The Hall–Kier alpha value is -0.350. The monoisotopic (exact) mass is 320 g/mol. The quantitative estimate of drug-likeness (QED) is 0.889. The van der Waals surface area contributed by atoms with Crippen LogP contribution >= 0.6 is 24.0 Å². The minimum Gasteiger partial charge on any atom is -0.317 e. The van der Waals surface area contributed by atoms with Crippen LogP contribution in [0.5, 0.6) is 0 Å². The zero-order chi connectivity index (χ0) is 13.7. The largest absolute Gasteiger partial charge is 0.317 e. The smallest absolute Gasteiger partial charge is 0.127 e. The molecule has 5 heteroatoms. The van der Waals surface area contributed by atoms with Gasteiger partial charge in [0.2, 0.25) is 0 Å². The maximum Gasteiger partial charge on any atom is 0.127 e. The van der Waals surface area contributed by atoms with Crippen LogP contribution < -0.4 is 5.32 Å². The molecule has 1 aliphatic heterocycles. The molecule has 1 N–H and O–H groups in total. The minimum absolute atomic E-state index is 0. The molecule has 2 rings (SSSR count). The van der Waals surface area contributed by atoms with Gasteiger partial charge in [-0.2, -0.15) is 0 Å². The van der Waals surface area contributed by atoms with Crippen LogP contribution in [0.4, 0.5) is 4.39 Å². The average molecular weight is 321 g/mol. The van der Waals surface area contributed by atoms with Crippen molar-refractivity contribution in [1.29, 1.82) is 0 Å². The summed E-state index contributed by atoms with van der Waals surface area (Å²) in [6.45, 7) is 7.03. The molecule has 0 aromatic heterocycles. The molecule has 2 nitrogen and oxygen atoms in total. The van der Waals surface area contributed by atoms with Crippen molar-refractivity contribution in [2.24, 2.45) is 5.92 Å². The van der Waals surface area contributed by atoms with E-state index in [1.54, 1.807) is 12.1 Å². The number of piperidine rings is 1. The third-order valence-electron chi connectivity index (χ3n) is 3.79. The van der Waals surface area contributed by atoms with Crippen LogP contribution in [-0.2, 0) is 6.54 Å². The van der Waals surface area contributed by atoms with Crippen LogP contribution in [0.15, 0.2) is 18.2 Å². The molecule has 1 aromatic rings. The Kier molecular flexibility index (Phi) is 7.82. The number of nitrogens with one attached hydrogen (secondary N) is 1. The van der Waals surface area contributed by atoms with Gasteiger partial charge in [-0.3, -0.25) is 4.90 Å². The van der Waals surface area contributed by atoms with E-state index in [2.05, 4.69) is 17.1 Å². The van der Waals surface area contributed by atoms with Crippen LogP contribution in [-0.4, -0.2) is 31.1 Å². The second-order valence-electron chi connectivity index (χ2n) is 5.26. The Bertz CT molecular complexity index is 407. The highest BCUT2D eigenvalue weighted by molar-refractivity contribution is 6.30. The second-order valence-corrected chi connectivity index (χ2v) is 5.70. The van der Waals surface area contributed by atoms with Gasteiger partial charge in [0, 0.05) is 17.1 Å². The lowest BCUT2D eigenvalue weighted by molar-refractivity contribution is 0.174. The maximum absolute atomic E-state index is 13.7. The Labute approximate surface area is 132 Å². The fourth-order valence-corrected chi connectivity index (χ4v) is 2.80. The van der Waals surface area contributed by atoms with E-state index >= 15 is 0 Å². The highest BCUT2D eigenvalue weighted by Gasteiger charge is 2.19. The SMILES string of the molecule is CCNCC1CCN(Cc2cc(Cl)ccc2F)CC1.Cl. The first-order valence-corrected chi connectivity index (χ1v) is 7.44. The van der Waals surface area contributed by atoms with E-state index in [4.69, 9.17) is 11.6 Å². The molecule has 1 aliphatic rings. The van der Waals surface area contributed by atoms with Crippen LogP contribution in [0.25, 0.3) is 0 Å². The van der Waals surface area contributed by atoms with Gasteiger partial charge in [-0.1, -0.05) is 18.5 Å². The van der Waals surface area contributed by atoms with Crippen molar-refractivity contribution in [3.05, 3.63) is 34.6 Å². The van der Waals surface area contributed by atoms with Crippen molar-refractivity contribution in [3.8, 4) is 0 Å². The molecule has 114 valence electrons. The fraction of sp³-hybridized carbons (Fsp3) is 0.600. The predicted molar refractivity (Wildman–Crippen MR) is 85.2 cm³/mol. The highest BCUT2D eigenvalue weighted by Crippen LogP contribution is 2.21. The molecule has 1 aromatic carbocycles. The lowest BCUT2D eigenvalue weighted by Gasteiger charge is -2.32. The third kappa shape index (κ3) is 5.21. The number of hydrogen-bond donors (Lipinski definition) is 1. The van der Waals surface area contributed by atoms with Gasteiger partial charge >= 0.3 is 0 Å². The number of benzene rings is 1. The Balaban J connectivity index is 0.00000200. The summed E-state index contributed by atoms with van der Waals surface area (Å²) in [7, 11) is 0. The van der Waals surface area contributed by atoms with Crippen molar-refractivity contribution in [3.63, 3.8) is 0 Å². The average Bonchev–Trinajstić information content (AvgIpc) is 2.42. The van der Waals surface area contributed by atoms with Crippen LogP contribution in [0.2, 0.25) is 5.02 Å². The number of rotatable bonds is 5. The van der Waals surface area contributed by atoms with E-state index in [1.807, 2.05) is 0 Å². The van der Waals surface area contributed by atoms with Gasteiger partial charge < -0.3 is 5.32 Å². The summed E-state index contributed by atoms with van der Waals surface area (Å²) in [4.78, 5) is 2.32. The number of nitrogens with zero attached hydrogens (tertiary/aromatic N) is 1. The van der Waals surface area contributed by atoms with E-state index < -0.39 is 0 Å². The first-order valence-electron chi connectivity index (χ1n) is 7.06. The van der Waals surface area contributed by atoms with Crippen LogP contribution in [0.3, 0.4) is 0 Å². The van der Waals surface area contributed by atoms with Gasteiger partial charge in [-0.05, 0) is 63.1 Å². The normalized spacial score (nSPS) is 16.9. The highest BCUT2D eigenvalue weighted by atomic mass is 35.5. The van der Waals surface area contributed by atoms with Crippen molar-refractivity contribution >= 4 is 24.0 Å². The number of halogens is 3. The van der Waals surface area contributed by atoms with Gasteiger partial charge in [-0.25, -0.2) is 4.39 Å². The molecule has 0 atom stereocenters. The molecule has 1 fully saturated rings. The molecular weight excluding hydrogens is 298 g/mol. The summed E-state index contributed by atoms with van der Waals surface area (Å²) in [5.74, 6) is 0.611.